The average Bonchev–Trinajstić information content (AvgIpc) is 2.89. The van der Waals surface area contributed by atoms with Crippen LogP contribution in [0.4, 0.5) is 20.2 Å². The van der Waals surface area contributed by atoms with Gasteiger partial charge < -0.3 is 10.5 Å². The van der Waals surface area contributed by atoms with Crippen LogP contribution in [0.1, 0.15) is 21.5 Å². The number of nitrogens with zero attached hydrogens (tertiary/aromatic N) is 2. The minimum Gasteiger partial charge on any atom is -0.480 e. The Morgan fingerprint density at radius 3 is 2.33 bits per heavy atom. The van der Waals surface area contributed by atoms with E-state index in [1.165, 1.54) is 31.5 Å². The van der Waals surface area contributed by atoms with Gasteiger partial charge in [-0.3, -0.25) is 14.9 Å². The van der Waals surface area contributed by atoms with Crippen molar-refractivity contribution in [1.82, 2.24) is 4.98 Å². The predicted molar refractivity (Wildman–Crippen MR) is 148 cm³/mol. The number of carbonyl (C=O) groups excluding carboxylic acids is 1. The highest BCUT2D eigenvalue weighted by Gasteiger charge is 2.25. The maximum atomic E-state index is 14.2. The number of benzene rings is 3. The van der Waals surface area contributed by atoms with E-state index < -0.39 is 44.1 Å². The molecular formula is C28H25F2N5O4S. The van der Waals surface area contributed by atoms with E-state index >= 15 is 0 Å². The molecule has 0 saturated heterocycles. The smallest absolute Gasteiger partial charge is 0.267 e. The van der Waals surface area contributed by atoms with Crippen molar-refractivity contribution in [3.05, 3.63) is 101 Å². The van der Waals surface area contributed by atoms with Crippen molar-refractivity contribution in [2.24, 2.45) is 5.73 Å². The molecule has 0 saturated carbocycles. The van der Waals surface area contributed by atoms with Crippen molar-refractivity contribution in [2.45, 2.75) is 18.7 Å². The monoisotopic (exact) mass is 565 g/mol. The molecule has 1 amide bonds. The Hall–Kier alpha value is -4.84. The lowest BCUT2D eigenvalue weighted by Gasteiger charge is -2.22. The number of halogens is 2. The number of amides is 1. The summed E-state index contributed by atoms with van der Waals surface area (Å²) in [4.78, 5) is 18.2. The van der Waals surface area contributed by atoms with Crippen LogP contribution in [-0.4, -0.2) is 32.4 Å². The maximum absolute atomic E-state index is 14.2. The molecule has 0 fully saturated rings. The summed E-state index contributed by atoms with van der Waals surface area (Å²) < 4.78 is 61.0. The maximum Gasteiger partial charge on any atom is 0.267 e. The first-order chi connectivity index (χ1) is 18.9. The summed E-state index contributed by atoms with van der Waals surface area (Å²) in [6, 6.07) is 15.3. The summed E-state index contributed by atoms with van der Waals surface area (Å²) in [7, 11) is -3.21. The third-order valence-electron chi connectivity index (χ3n) is 5.83. The van der Waals surface area contributed by atoms with Crippen LogP contribution >= 0.6 is 0 Å². The molecule has 4 rings (SSSR count). The number of ether oxygens (including phenoxy) is 1. The molecule has 0 spiro atoms. The van der Waals surface area contributed by atoms with Crippen LogP contribution in [0.15, 0.2) is 77.8 Å². The van der Waals surface area contributed by atoms with Gasteiger partial charge >= 0.3 is 0 Å². The molecule has 4 N–H and O–H groups in total. The molecule has 1 aromatic heterocycles. The van der Waals surface area contributed by atoms with Gasteiger partial charge in [-0.2, -0.15) is 0 Å². The molecule has 1 heterocycles. The molecule has 4 aromatic rings. The van der Waals surface area contributed by atoms with Gasteiger partial charge in [0.15, 0.2) is 5.96 Å². The fourth-order valence-corrected chi connectivity index (χ4v) is 5.33. The summed E-state index contributed by atoms with van der Waals surface area (Å²) in [5.74, 6) is -3.27. The summed E-state index contributed by atoms with van der Waals surface area (Å²) in [5, 5.41) is 8.03. The molecular weight excluding hydrogens is 540 g/mol. The first-order valence-electron chi connectivity index (χ1n) is 11.8. The lowest BCUT2D eigenvalue weighted by Crippen LogP contribution is -2.41. The molecule has 0 atom stereocenters. The number of pyridine rings is 1. The molecule has 0 unspecified atom stereocenters. The highest BCUT2D eigenvalue weighted by molar-refractivity contribution is 7.92. The van der Waals surface area contributed by atoms with Crippen LogP contribution in [0.2, 0.25) is 0 Å². The van der Waals surface area contributed by atoms with Gasteiger partial charge in [0.2, 0.25) is 5.88 Å². The van der Waals surface area contributed by atoms with Crippen LogP contribution in [0.25, 0.3) is 11.1 Å². The summed E-state index contributed by atoms with van der Waals surface area (Å²) >= 11 is 0. The highest BCUT2D eigenvalue weighted by Crippen LogP contribution is 2.31. The van der Waals surface area contributed by atoms with E-state index in [9.17, 15) is 22.0 Å². The first kappa shape index (κ1) is 28.2. The quantitative estimate of drug-likeness (QED) is 0.213. The Bertz CT molecular complexity index is 1720. The zero-order chi connectivity index (χ0) is 29.2. The second-order valence-corrected chi connectivity index (χ2v) is 10.6. The van der Waals surface area contributed by atoms with Gasteiger partial charge in [-0.25, -0.2) is 27.1 Å². The van der Waals surface area contributed by atoms with Crippen molar-refractivity contribution in [1.29, 1.82) is 5.41 Å². The Morgan fingerprint density at radius 1 is 1.00 bits per heavy atom. The fourth-order valence-electron chi connectivity index (χ4n) is 4.11. The average molecular weight is 566 g/mol. The number of hydrogen-bond donors (Lipinski definition) is 3. The van der Waals surface area contributed by atoms with E-state index in [4.69, 9.17) is 15.9 Å². The zero-order valence-electron chi connectivity index (χ0n) is 21.7. The molecule has 0 aliphatic heterocycles. The SMILES string of the molecule is COc1ncc(-c2cccc(C(=O)N(C(=N)N)c3cc(C)cc(C)c3)c2)cc1S(=O)(=O)Nc1ccc(F)cc1F. The number of anilines is 2. The lowest BCUT2D eigenvalue weighted by molar-refractivity contribution is 0.100. The number of nitrogens with one attached hydrogen (secondary N) is 2. The van der Waals surface area contributed by atoms with E-state index in [1.807, 2.05) is 19.9 Å². The van der Waals surface area contributed by atoms with Crippen molar-refractivity contribution < 1.29 is 26.7 Å². The molecule has 206 valence electrons. The van der Waals surface area contributed by atoms with Crippen molar-refractivity contribution >= 4 is 33.3 Å². The number of aromatic nitrogens is 1. The number of aryl methyl sites for hydroxylation is 2. The van der Waals surface area contributed by atoms with E-state index in [-0.39, 0.29) is 11.4 Å². The topological polar surface area (TPSA) is 138 Å². The Balaban J connectivity index is 1.73. The van der Waals surface area contributed by atoms with Gasteiger partial charge in [-0.15, -0.1) is 0 Å². The standard InChI is InChI=1S/C28H25F2N5O4S/c1-16-9-17(2)11-22(10-16)35(28(31)32)27(36)19-6-4-5-18(12-19)20-13-25(26(39-3)33-15-20)40(37,38)34-24-8-7-21(29)14-23(24)30/h4-15,34H,1-3H3,(H3,31,32). The van der Waals surface area contributed by atoms with Gasteiger partial charge in [0, 0.05) is 23.4 Å². The molecule has 0 aliphatic rings. The number of methoxy groups -OCH3 is 1. The third-order valence-corrected chi connectivity index (χ3v) is 7.19. The molecule has 9 nitrogen and oxygen atoms in total. The lowest BCUT2D eigenvalue weighted by atomic mass is 10.0. The van der Waals surface area contributed by atoms with Crippen LogP contribution in [-0.2, 0) is 10.0 Å². The van der Waals surface area contributed by atoms with Crippen molar-refractivity contribution in [3.8, 4) is 17.0 Å². The number of guanidine groups is 1. The Kier molecular flexibility index (Phi) is 7.82. The normalized spacial score (nSPS) is 11.1. The third kappa shape index (κ3) is 5.91. The molecule has 0 bridgehead atoms. The summed E-state index contributed by atoms with van der Waals surface area (Å²) in [5.41, 5.74) is 8.43. The number of rotatable bonds is 7. The number of hydrogen-bond acceptors (Lipinski definition) is 6. The van der Waals surface area contributed by atoms with E-state index in [1.54, 1.807) is 24.3 Å². The largest absolute Gasteiger partial charge is 0.480 e. The molecule has 3 aromatic carbocycles. The fraction of sp³-hybridized carbons (Fsp3) is 0.107. The van der Waals surface area contributed by atoms with Crippen LogP contribution < -0.4 is 20.1 Å². The zero-order valence-corrected chi connectivity index (χ0v) is 22.5. The minimum atomic E-state index is -4.44. The van der Waals surface area contributed by atoms with E-state index in [2.05, 4.69) is 9.71 Å². The van der Waals surface area contributed by atoms with Crippen molar-refractivity contribution in [2.75, 3.05) is 16.7 Å². The van der Waals surface area contributed by atoms with Crippen LogP contribution in [0, 0.1) is 30.9 Å². The van der Waals surface area contributed by atoms with Gasteiger partial charge in [0.05, 0.1) is 18.5 Å². The summed E-state index contributed by atoms with van der Waals surface area (Å²) in [6.07, 6.45) is 1.35. The number of carbonyl (C=O) groups is 1. The van der Waals surface area contributed by atoms with Crippen molar-refractivity contribution in [3.63, 3.8) is 0 Å². The molecule has 40 heavy (non-hydrogen) atoms. The van der Waals surface area contributed by atoms with Gasteiger partial charge in [-0.1, -0.05) is 18.2 Å². The Labute approximate surface area is 229 Å². The molecule has 0 aliphatic carbocycles. The number of nitrogens with two attached hydrogens (primary N) is 1. The van der Waals surface area contributed by atoms with Gasteiger partial charge in [0.25, 0.3) is 15.9 Å². The highest BCUT2D eigenvalue weighted by atomic mass is 32.2. The van der Waals surface area contributed by atoms with Gasteiger partial charge in [0.1, 0.15) is 16.5 Å². The Morgan fingerprint density at radius 2 is 1.70 bits per heavy atom. The first-order valence-corrected chi connectivity index (χ1v) is 13.3. The summed E-state index contributed by atoms with van der Waals surface area (Å²) in [6.45, 7) is 3.73. The van der Waals surface area contributed by atoms with Crippen LogP contribution in [0.5, 0.6) is 5.88 Å². The predicted octanol–water partition coefficient (Wildman–Crippen LogP) is 4.99. The van der Waals surface area contributed by atoms with Gasteiger partial charge in [-0.05, 0) is 73.0 Å². The molecule has 12 heteroatoms. The molecule has 0 radical (unpaired) electrons. The number of sulfonamides is 1. The minimum absolute atomic E-state index is 0.179. The second kappa shape index (κ2) is 11.1. The van der Waals surface area contributed by atoms with E-state index in [0.717, 1.165) is 28.2 Å². The van der Waals surface area contributed by atoms with Crippen LogP contribution in [0.3, 0.4) is 0 Å². The second-order valence-electron chi connectivity index (χ2n) is 8.91. The van der Waals surface area contributed by atoms with E-state index in [0.29, 0.717) is 22.9 Å².